The molecule has 0 saturated heterocycles. The highest BCUT2D eigenvalue weighted by Gasteiger charge is 2.44. The number of phenols is 1. The Hall–Kier alpha value is -3.84. The van der Waals surface area contributed by atoms with Crippen LogP contribution in [0.15, 0.2) is 63.8 Å². The summed E-state index contributed by atoms with van der Waals surface area (Å²) in [6, 6.07) is 13.8. The van der Waals surface area contributed by atoms with Crippen LogP contribution < -0.4 is 15.1 Å². The third-order valence-corrected chi connectivity index (χ3v) is 5.71. The Kier molecular flexibility index (Phi) is 4.64. The molecule has 0 bridgehead atoms. The highest BCUT2D eigenvalue weighted by atomic mass is 35.5. The molecule has 0 aliphatic carbocycles. The standard InChI is InChI=1S/C24H17ClN2O5/c1-12-4-3-5-19(26-12)27-21(13-6-8-16(28)18(10-13)31-2)20-22(29)15-11-14(25)7-9-17(15)32-23(20)24(27)30/h3-11,21,28H,1-2H3. The summed E-state index contributed by atoms with van der Waals surface area (Å²) in [6.45, 7) is 1.81. The molecule has 0 spiro atoms. The van der Waals surface area contributed by atoms with E-state index in [0.29, 0.717) is 22.1 Å². The second-order valence-electron chi connectivity index (χ2n) is 7.46. The molecule has 0 radical (unpaired) electrons. The van der Waals surface area contributed by atoms with Gasteiger partial charge in [-0.1, -0.05) is 23.7 Å². The Balaban J connectivity index is 1.83. The number of fused-ring (bicyclic) bond motifs is 2. The summed E-state index contributed by atoms with van der Waals surface area (Å²) in [6.07, 6.45) is 0. The number of nitrogens with zero attached hydrogens (tertiary/aromatic N) is 2. The van der Waals surface area contributed by atoms with E-state index in [-0.39, 0.29) is 39.2 Å². The number of halogens is 1. The number of amides is 1. The van der Waals surface area contributed by atoms with E-state index >= 15 is 0 Å². The first kappa shape index (κ1) is 20.1. The number of carbonyl (C=O) groups excluding carboxylic acids is 1. The van der Waals surface area contributed by atoms with Gasteiger partial charge in [-0.05, 0) is 55.0 Å². The van der Waals surface area contributed by atoms with Gasteiger partial charge in [0.15, 0.2) is 16.9 Å². The number of aromatic hydroxyl groups is 1. The molecule has 1 atom stereocenters. The van der Waals surface area contributed by atoms with Gasteiger partial charge in [-0.3, -0.25) is 14.5 Å². The van der Waals surface area contributed by atoms with E-state index in [1.807, 2.05) is 13.0 Å². The lowest BCUT2D eigenvalue weighted by Crippen LogP contribution is -2.30. The van der Waals surface area contributed by atoms with Crippen LogP contribution in [0.3, 0.4) is 0 Å². The highest BCUT2D eigenvalue weighted by Crippen LogP contribution is 2.42. The molecule has 4 aromatic rings. The molecular weight excluding hydrogens is 432 g/mol. The van der Waals surface area contributed by atoms with Crippen LogP contribution in [0, 0.1) is 6.92 Å². The number of methoxy groups -OCH3 is 1. The van der Waals surface area contributed by atoms with Gasteiger partial charge in [0.05, 0.1) is 24.1 Å². The van der Waals surface area contributed by atoms with E-state index in [0.717, 1.165) is 0 Å². The number of rotatable bonds is 3. The lowest BCUT2D eigenvalue weighted by atomic mass is 9.98. The average molecular weight is 449 g/mol. The van der Waals surface area contributed by atoms with E-state index in [1.54, 1.807) is 36.4 Å². The maximum atomic E-state index is 13.6. The molecule has 1 amide bonds. The summed E-state index contributed by atoms with van der Waals surface area (Å²) >= 11 is 6.11. The van der Waals surface area contributed by atoms with Crippen molar-refractivity contribution in [1.82, 2.24) is 4.98 Å². The maximum Gasteiger partial charge on any atom is 0.296 e. The SMILES string of the molecule is COc1cc(C2c3c(oc4ccc(Cl)cc4c3=O)C(=O)N2c2cccc(C)n2)ccc1O. The molecule has 0 saturated carbocycles. The first-order valence-electron chi connectivity index (χ1n) is 9.79. The summed E-state index contributed by atoms with van der Waals surface area (Å²) in [5.74, 6) is 0.00122. The zero-order valence-electron chi connectivity index (χ0n) is 17.1. The van der Waals surface area contributed by atoms with Crippen molar-refractivity contribution < 1.29 is 19.1 Å². The monoisotopic (exact) mass is 448 g/mol. The minimum atomic E-state index is -0.832. The van der Waals surface area contributed by atoms with Crippen LogP contribution in [-0.4, -0.2) is 23.1 Å². The van der Waals surface area contributed by atoms with Crippen molar-refractivity contribution in [2.45, 2.75) is 13.0 Å². The van der Waals surface area contributed by atoms with Gasteiger partial charge in [-0.25, -0.2) is 4.98 Å². The van der Waals surface area contributed by atoms with E-state index in [2.05, 4.69) is 4.98 Å². The highest BCUT2D eigenvalue weighted by molar-refractivity contribution is 6.31. The Morgan fingerprint density at radius 3 is 2.69 bits per heavy atom. The fourth-order valence-corrected chi connectivity index (χ4v) is 4.20. The summed E-state index contributed by atoms with van der Waals surface area (Å²) in [5.41, 5.74) is 1.37. The van der Waals surface area contributed by atoms with Crippen LogP contribution in [-0.2, 0) is 0 Å². The first-order valence-corrected chi connectivity index (χ1v) is 10.2. The number of hydrogen-bond donors (Lipinski definition) is 1. The number of hydrogen-bond acceptors (Lipinski definition) is 6. The van der Waals surface area contributed by atoms with E-state index in [9.17, 15) is 14.7 Å². The van der Waals surface area contributed by atoms with E-state index < -0.39 is 11.9 Å². The Labute approximate surface area is 187 Å². The Morgan fingerprint density at radius 2 is 1.94 bits per heavy atom. The summed E-state index contributed by atoms with van der Waals surface area (Å²) in [7, 11) is 1.43. The van der Waals surface area contributed by atoms with E-state index in [1.165, 1.54) is 24.1 Å². The minimum absolute atomic E-state index is 0.0508. The van der Waals surface area contributed by atoms with Gasteiger partial charge in [-0.15, -0.1) is 0 Å². The number of carbonyl (C=O) groups is 1. The van der Waals surface area contributed by atoms with Crippen molar-refractivity contribution in [3.05, 3.63) is 92.4 Å². The normalized spacial score (nSPS) is 15.3. The molecule has 1 unspecified atom stereocenters. The third-order valence-electron chi connectivity index (χ3n) is 5.47. The number of aryl methyl sites for hydroxylation is 1. The second kappa shape index (κ2) is 7.39. The smallest absolute Gasteiger partial charge is 0.296 e. The van der Waals surface area contributed by atoms with Gasteiger partial charge >= 0.3 is 0 Å². The molecule has 3 heterocycles. The van der Waals surface area contributed by atoms with Crippen molar-refractivity contribution in [2.24, 2.45) is 0 Å². The number of phenolic OH excluding ortho intramolecular Hbond substituents is 1. The Morgan fingerprint density at radius 1 is 1.12 bits per heavy atom. The molecule has 8 heteroatoms. The molecule has 7 nitrogen and oxygen atoms in total. The summed E-state index contributed by atoms with van der Waals surface area (Å²) in [4.78, 5) is 33.0. The topological polar surface area (TPSA) is 92.9 Å². The predicted octanol–water partition coefficient (Wildman–Crippen LogP) is 4.61. The number of anilines is 1. The van der Waals surface area contributed by atoms with Gasteiger partial charge < -0.3 is 14.3 Å². The molecule has 1 N–H and O–H groups in total. The van der Waals surface area contributed by atoms with Gasteiger partial charge in [0.25, 0.3) is 5.91 Å². The van der Waals surface area contributed by atoms with Gasteiger partial charge in [0.2, 0.25) is 5.76 Å². The molecule has 2 aromatic carbocycles. The van der Waals surface area contributed by atoms with Crippen LogP contribution in [0.25, 0.3) is 11.0 Å². The molecule has 1 aliphatic heterocycles. The van der Waals surface area contributed by atoms with Crippen LogP contribution in [0.4, 0.5) is 5.82 Å². The van der Waals surface area contributed by atoms with Gasteiger partial charge in [-0.2, -0.15) is 0 Å². The number of ether oxygens (including phenoxy) is 1. The van der Waals surface area contributed by atoms with Crippen LogP contribution in [0.1, 0.15) is 33.4 Å². The molecule has 2 aromatic heterocycles. The zero-order valence-corrected chi connectivity index (χ0v) is 17.9. The number of pyridine rings is 1. The Bertz CT molecular complexity index is 1460. The molecule has 0 fully saturated rings. The molecule has 1 aliphatic rings. The van der Waals surface area contributed by atoms with Crippen LogP contribution in [0.2, 0.25) is 5.02 Å². The number of benzene rings is 2. The van der Waals surface area contributed by atoms with Crippen molar-refractivity contribution in [1.29, 1.82) is 0 Å². The second-order valence-corrected chi connectivity index (χ2v) is 7.90. The molecular formula is C24H17ClN2O5. The fraction of sp³-hybridized carbons (Fsp3) is 0.125. The first-order chi connectivity index (χ1) is 15.4. The van der Waals surface area contributed by atoms with Crippen LogP contribution >= 0.6 is 11.6 Å². The van der Waals surface area contributed by atoms with Crippen molar-refractivity contribution in [2.75, 3.05) is 12.0 Å². The quantitative estimate of drug-likeness (QED) is 0.492. The summed E-state index contributed by atoms with van der Waals surface area (Å²) in [5, 5.41) is 10.7. The zero-order chi connectivity index (χ0) is 22.6. The van der Waals surface area contributed by atoms with Gasteiger partial charge in [0, 0.05) is 10.7 Å². The maximum absolute atomic E-state index is 13.6. The average Bonchev–Trinajstić information content (AvgIpc) is 3.07. The van der Waals surface area contributed by atoms with Gasteiger partial charge in [0.1, 0.15) is 11.4 Å². The van der Waals surface area contributed by atoms with Crippen molar-refractivity contribution >= 4 is 34.3 Å². The van der Waals surface area contributed by atoms with Crippen LogP contribution in [0.5, 0.6) is 11.5 Å². The number of aromatic nitrogens is 1. The third kappa shape index (κ3) is 3.01. The van der Waals surface area contributed by atoms with E-state index in [4.69, 9.17) is 20.8 Å². The predicted molar refractivity (Wildman–Crippen MR) is 120 cm³/mol. The minimum Gasteiger partial charge on any atom is -0.504 e. The lowest BCUT2D eigenvalue weighted by Gasteiger charge is -2.24. The fourth-order valence-electron chi connectivity index (χ4n) is 4.02. The lowest BCUT2D eigenvalue weighted by molar-refractivity contribution is 0.0970. The summed E-state index contributed by atoms with van der Waals surface area (Å²) < 4.78 is 11.2. The molecule has 160 valence electrons. The van der Waals surface area contributed by atoms with Crippen molar-refractivity contribution in [3.8, 4) is 11.5 Å². The van der Waals surface area contributed by atoms with Crippen molar-refractivity contribution in [3.63, 3.8) is 0 Å². The molecule has 32 heavy (non-hydrogen) atoms. The largest absolute Gasteiger partial charge is 0.504 e. The molecule has 5 rings (SSSR count).